The average Bonchev–Trinajstić information content (AvgIpc) is 3.40. The van der Waals surface area contributed by atoms with Crippen LogP contribution in [0, 0.1) is 23.2 Å². The number of amidine groups is 1. The zero-order chi connectivity index (χ0) is 22.0. The molecule has 4 bridgehead atoms. The molecule has 176 valence electrons. The second-order valence-electron chi connectivity index (χ2n) is 12.5. The second kappa shape index (κ2) is 7.66. The maximum Gasteiger partial charge on any atom is 0.240 e. The van der Waals surface area contributed by atoms with Crippen molar-refractivity contribution in [3.8, 4) is 0 Å². The normalized spacial score (nSPS) is 41.0. The number of hydrogen-bond acceptors (Lipinski definition) is 3. The minimum Gasteiger partial charge on any atom is -0.293 e. The van der Waals surface area contributed by atoms with Gasteiger partial charge in [-0.15, -0.1) is 0 Å². The first kappa shape index (κ1) is 20.7. The van der Waals surface area contributed by atoms with E-state index in [0.717, 1.165) is 55.2 Å². The van der Waals surface area contributed by atoms with Crippen LogP contribution in [-0.2, 0) is 4.79 Å². The molecule has 7 aliphatic rings. The molecule has 1 atom stereocenters. The van der Waals surface area contributed by atoms with Crippen LogP contribution in [0.15, 0.2) is 35.3 Å². The predicted octanol–water partition coefficient (Wildman–Crippen LogP) is 5.82. The van der Waals surface area contributed by atoms with Crippen LogP contribution in [0.2, 0.25) is 0 Å². The number of likely N-dealkylation sites (tertiary alicyclic amines) is 1. The fourth-order valence-electron chi connectivity index (χ4n) is 9.38. The van der Waals surface area contributed by atoms with Gasteiger partial charge in [0.05, 0.1) is 22.7 Å². The molecule has 1 spiro atoms. The molecular weight excluding hydrogens is 406 g/mol. The lowest BCUT2D eigenvalue weighted by molar-refractivity contribution is -0.129. The highest BCUT2D eigenvalue weighted by Crippen LogP contribution is 2.58. The van der Waals surface area contributed by atoms with Crippen molar-refractivity contribution in [3.63, 3.8) is 0 Å². The van der Waals surface area contributed by atoms with Crippen LogP contribution >= 0.6 is 0 Å². The standard InChI is InChI=1S/C29H39N3O/c33-27-29(11-5-2-6-12-29)25(31-13-7-8-14-31)26(32(27)24-9-3-1-4-10-24)30-28-18-21-15-22(19-28)17-23(16-21)20-28/h1,3-4,9-10,21-23,25H,2,5-8,11-20H2. The quantitative estimate of drug-likeness (QED) is 0.588. The van der Waals surface area contributed by atoms with Crippen molar-refractivity contribution in [2.75, 3.05) is 18.0 Å². The minimum absolute atomic E-state index is 0.0928. The molecule has 2 saturated heterocycles. The number of benzene rings is 1. The number of hydrogen-bond donors (Lipinski definition) is 0. The second-order valence-corrected chi connectivity index (χ2v) is 12.5. The third-order valence-corrected chi connectivity index (χ3v) is 10.2. The Morgan fingerprint density at radius 3 is 2.00 bits per heavy atom. The highest BCUT2D eigenvalue weighted by atomic mass is 16.2. The molecular formula is C29H39N3O. The van der Waals surface area contributed by atoms with E-state index in [0.29, 0.717) is 5.91 Å². The monoisotopic (exact) mass is 445 g/mol. The molecule has 2 aliphatic heterocycles. The Hall–Kier alpha value is -1.68. The van der Waals surface area contributed by atoms with E-state index >= 15 is 0 Å². The molecule has 7 fully saturated rings. The van der Waals surface area contributed by atoms with Crippen LogP contribution in [0.25, 0.3) is 0 Å². The number of nitrogens with zero attached hydrogens (tertiary/aromatic N) is 3. The van der Waals surface area contributed by atoms with Crippen molar-refractivity contribution in [2.24, 2.45) is 28.2 Å². The van der Waals surface area contributed by atoms with Crippen LogP contribution in [-0.4, -0.2) is 41.3 Å². The van der Waals surface area contributed by atoms with E-state index < -0.39 is 0 Å². The number of anilines is 1. The van der Waals surface area contributed by atoms with Gasteiger partial charge in [0.2, 0.25) is 5.91 Å². The summed E-state index contributed by atoms with van der Waals surface area (Å²) in [6.07, 6.45) is 16.3. The van der Waals surface area contributed by atoms with Crippen LogP contribution in [0.3, 0.4) is 0 Å². The van der Waals surface area contributed by atoms with Gasteiger partial charge in [-0.1, -0.05) is 37.5 Å². The van der Waals surface area contributed by atoms with E-state index in [1.54, 1.807) is 0 Å². The van der Waals surface area contributed by atoms with Gasteiger partial charge in [0.25, 0.3) is 0 Å². The van der Waals surface area contributed by atoms with E-state index in [9.17, 15) is 4.79 Å². The smallest absolute Gasteiger partial charge is 0.240 e. The zero-order valence-corrected chi connectivity index (χ0v) is 20.1. The summed E-state index contributed by atoms with van der Waals surface area (Å²) in [6.45, 7) is 2.25. The first-order chi connectivity index (χ1) is 16.2. The lowest BCUT2D eigenvalue weighted by atomic mass is 9.53. The summed E-state index contributed by atoms with van der Waals surface area (Å²) in [5.74, 6) is 4.11. The molecule has 1 aromatic rings. The Kier molecular flexibility index (Phi) is 4.80. The number of aliphatic imine (C=N–C) groups is 1. The van der Waals surface area contributed by atoms with Gasteiger partial charge in [0.1, 0.15) is 5.84 Å². The van der Waals surface area contributed by atoms with Gasteiger partial charge >= 0.3 is 0 Å². The summed E-state index contributed by atoms with van der Waals surface area (Å²) in [5.41, 5.74) is 0.868. The molecule has 8 rings (SSSR count). The van der Waals surface area contributed by atoms with Crippen molar-refractivity contribution in [2.45, 2.75) is 95.1 Å². The van der Waals surface area contributed by atoms with Crippen molar-refractivity contribution in [1.29, 1.82) is 0 Å². The summed E-state index contributed by atoms with van der Waals surface area (Å²) in [7, 11) is 0. The average molecular weight is 446 g/mol. The highest BCUT2D eigenvalue weighted by molar-refractivity contribution is 6.27. The topological polar surface area (TPSA) is 35.9 Å². The Bertz CT molecular complexity index is 906. The van der Waals surface area contributed by atoms with E-state index in [1.165, 1.54) is 70.6 Å². The van der Waals surface area contributed by atoms with Gasteiger partial charge < -0.3 is 0 Å². The minimum atomic E-state index is -0.264. The fraction of sp³-hybridized carbons (Fsp3) is 0.724. The molecule has 2 heterocycles. The third kappa shape index (κ3) is 3.19. The summed E-state index contributed by atoms with van der Waals surface area (Å²) in [5, 5.41) is 0. The van der Waals surface area contributed by atoms with Crippen molar-refractivity contribution in [3.05, 3.63) is 30.3 Å². The van der Waals surface area contributed by atoms with Gasteiger partial charge in [-0.05, 0) is 107 Å². The van der Waals surface area contributed by atoms with Gasteiger partial charge in [-0.3, -0.25) is 19.6 Å². The zero-order valence-electron chi connectivity index (χ0n) is 20.1. The van der Waals surface area contributed by atoms with Crippen LogP contribution in [0.5, 0.6) is 0 Å². The van der Waals surface area contributed by atoms with E-state index in [-0.39, 0.29) is 17.0 Å². The molecule has 1 amide bonds. The van der Waals surface area contributed by atoms with Crippen molar-refractivity contribution in [1.82, 2.24) is 4.90 Å². The Balaban J connectivity index is 1.39. The van der Waals surface area contributed by atoms with E-state index in [2.05, 4.69) is 40.1 Å². The first-order valence-corrected chi connectivity index (χ1v) is 13.9. The molecule has 0 radical (unpaired) electrons. The van der Waals surface area contributed by atoms with Crippen LogP contribution < -0.4 is 4.90 Å². The first-order valence-electron chi connectivity index (χ1n) is 13.9. The highest BCUT2D eigenvalue weighted by Gasteiger charge is 2.61. The molecule has 4 nitrogen and oxygen atoms in total. The molecule has 1 aromatic carbocycles. The van der Waals surface area contributed by atoms with E-state index in [1.807, 2.05) is 0 Å². The molecule has 0 N–H and O–H groups in total. The predicted molar refractivity (Wildman–Crippen MR) is 132 cm³/mol. The SMILES string of the molecule is O=C1N(c2ccccc2)C(=NC23CC4CC(CC(C4)C2)C3)C(N2CCCC2)C12CCCCC2. The fourth-order valence-corrected chi connectivity index (χ4v) is 9.38. The number of carbonyl (C=O) groups is 1. The largest absolute Gasteiger partial charge is 0.293 e. The lowest BCUT2D eigenvalue weighted by Crippen LogP contribution is -2.53. The summed E-state index contributed by atoms with van der Waals surface area (Å²) >= 11 is 0. The summed E-state index contributed by atoms with van der Waals surface area (Å²) in [4.78, 5) is 25.1. The maximum absolute atomic E-state index is 14.5. The van der Waals surface area contributed by atoms with Gasteiger partial charge in [-0.25, -0.2) is 0 Å². The van der Waals surface area contributed by atoms with Crippen LogP contribution in [0.1, 0.15) is 83.5 Å². The van der Waals surface area contributed by atoms with Gasteiger partial charge in [0.15, 0.2) is 0 Å². The Morgan fingerprint density at radius 2 is 1.39 bits per heavy atom. The van der Waals surface area contributed by atoms with Gasteiger partial charge in [-0.2, -0.15) is 0 Å². The third-order valence-electron chi connectivity index (χ3n) is 10.2. The number of rotatable bonds is 3. The number of para-hydroxylation sites is 1. The molecule has 4 heteroatoms. The molecule has 5 aliphatic carbocycles. The lowest BCUT2D eigenvalue weighted by Gasteiger charge is -2.55. The Morgan fingerprint density at radius 1 is 0.788 bits per heavy atom. The van der Waals surface area contributed by atoms with E-state index in [4.69, 9.17) is 4.99 Å². The van der Waals surface area contributed by atoms with Crippen molar-refractivity contribution >= 4 is 17.4 Å². The van der Waals surface area contributed by atoms with Gasteiger partial charge in [0, 0.05) is 0 Å². The molecule has 33 heavy (non-hydrogen) atoms. The summed E-state index contributed by atoms with van der Waals surface area (Å²) in [6, 6.07) is 10.7. The molecule has 1 unspecified atom stereocenters. The number of amides is 1. The number of carbonyl (C=O) groups excluding carboxylic acids is 1. The van der Waals surface area contributed by atoms with Crippen LogP contribution in [0.4, 0.5) is 5.69 Å². The summed E-state index contributed by atoms with van der Waals surface area (Å²) < 4.78 is 0. The molecule has 0 aromatic heterocycles. The van der Waals surface area contributed by atoms with Crippen molar-refractivity contribution < 1.29 is 4.79 Å². The molecule has 5 saturated carbocycles. The maximum atomic E-state index is 14.5. The Labute approximate surface area is 198 Å².